The normalized spacial score (nSPS) is 12.1. The number of carbonyl (C=O) groups excluding carboxylic acids is 1. The first kappa shape index (κ1) is 12.9. The van der Waals surface area contributed by atoms with Crippen molar-refractivity contribution in [2.24, 2.45) is 5.73 Å². The molecule has 0 saturated heterocycles. The van der Waals surface area contributed by atoms with Gasteiger partial charge in [-0.2, -0.15) is 0 Å². The largest absolute Gasteiger partial charge is 0.397 e. The molecule has 0 aliphatic carbocycles. The predicted molar refractivity (Wildman–Crippen MR) is 74.7 cm³/mol. The number of carbonyl (C=O) groups is 1. The van der Waals surface area contributed by atoms with E-state index in [1.165, 1.54) is 0 Å². The average molecular weight is 259 g/mol. The van der Waals surface area contributed by atoms with E-state index in [9.17, 15) is 4.79 Å². The SMILES string of the molecule is CC(Cn1ccnc1)Nc1c(N)cccc1C(N)=O. The molecule has 1 heterocycles. The Kier molecular flexibility index (Phi) is 3.70. The van der Waals surface area contributed by atoms with E-state index in [-0.39, 0.29) is 6.04 Å². The number of nitrogen functional groups attached to an aromatic ring is 1. The van der Waals surface area contributed by atoms with Gasteiger partial charge in [-0.1, -0.05) is 6.07 Å². The number of hydrogen-bond acceptors (Lipinski definition) is 4. The van der Waals surface area contributed by atoms with Crippen LogP contribution in [0.15, 0.2) is 36.9 Å². The van der Waals surface area contributed by atoms with E-state index in [4.69, 9.17) is 11.5 Å². The van der Waals surface area contributed by atoms with Crippen LogP contribution in [-0.4, -0.2) is 21.5 Å². The van der Waals surface area contributed by atoms with Crippen LogP contribution in [-0.2, 0) is 6.54 Å². The number of para-hydroxylation sites is 1. The fourth-order valence-corrected chi connectivity index (χ4v) is 1.94. The molecule has 0 saturated carbocycles. The first-order valence-electron chi connectivity index (χ1n) is 5.98. The number of amides is 1. The zero-order valence-corrected chi connectivity index (χ0v) is 10.7. The number of nitrogens with zero attached hydrogens (tertiary/aromatic N) is 2. The highest BCUT2D eigenvalue weighted by atomic mass is 16.1. The Bertz CT molecular complexity index is 564. The molecule has 6 heteroatoms. The maximum absolute atomic E-state index is 11.4. The second kappa shape index (κ2) is 5.43. The van der Waals surface area contributed by atoms with Gasteiger partial charge in [0.2, 0.25) is 0 Å². The van der Waals surface area contributed by atoms with Crippen LogP contribution in [0.4, 0.5) is 11.4 Å². The van der Waals surface area contributed by atoms with E-state index in [2.05, 4.69) is 10.3 Å². The number of rotatable bonds is 5. The number of anilines is 2. The molecule has 0 fully saturated rings. The van der Waals surface area contributed by atoms with E-state index < -0.39 is 5.91 Å². The van der Waals surface area contributed by atoms with E-state index in [0.29, 0.717) is 23.5 Å². The molecule has 6 nitrogen and oxygen atoms in total. The number of nitrogens with two attached hydrogens (primary N) is 2. The van der Waals surface area contributed by atoms with Crippen LogP contribution in [0.1, 0.15) is 17.3 Å². The van der Waals surface area contributed by atoms with Crippen molar-refractivity contribution in [3.8, 4) is 0 Å². The van der Waals surface area contributed by atoms with Gasteiger partial charge in [-0.15, -0.1) is 0 Å². The summed E-state index contributed by atoms with van der Waals surface area (Å²) in [5.74, 6) is -0.496. The van der Waals surface area contributed by atoms with Gasteiger partial charge in [-0.25, -0.2) is 4.98 Å². The third kappa shape index (κ3) is 3.04. The van der Waals surface area contributed by atoms with Crippen LogP contribution in [0.3, 0.4) is 0 Å². The minimum absolute atomic E-state index is 0.0806. The van der Waals surface area contributed by atoms with Gasteiger partial charge in [0.15, 0.2) is 0 Å². The molecule has 2 rings (SSSR count). The molecular formula is C13H17N5O. The standard InChI is InChI=1S/C13H17N5O/c1-9(7-18-6-5-16-8-18)17-12-10(13(15)19)3-2-4-11(12)14/h2-6,8-9,17H,7,14H2,1H3,(H2,15,19). The lowest BCUT2D eigenvalue weighted by Gasteiger charge is -2.19. The minimum atomic E-state index is -0.496. The van der Waals surface area contributed by atoms with Crippen LogP contribution in [0, 0.1) is 0 Å². The Balaban J connectivity index is 2.16. The molecule has 19 heavy (non-hydrogen) atoms. The summed E-state index contributed by atoms with van der Waals surface area (Å²) in [7, 11) is 0. The molecular weight excluding hydrogens is 242 g/mol. The van der Waals surface area contributed by atoms with Gasteiger partial charge < -0.3 is 21.4 Å². The second-order valence-corrected chi connectivity index (χ2v) is 4.44. The quantitative estimate of drug-likeness (QED) is 0.699. The molecule has 1 aromatic carbocycles. The molecule has 1 unspecified atom stereocenters. The van der Waals surface area contributed by atoms with E-state index in [1.54, 1.807) is 30.7 Å². The molecule has 1 atom stereocenters. The molecule has 100 valence electrons. The molecule has 0 aliphatic rings. The molecule has 1 aromatic heterocycles. The summed E-state index contributed by atoms with van der Waals surface area (Å²) >= 11 is 0. The number of hydrogen-bond donors (Lipinski definition) is 3. The molecule has 0 spiro atoms. The van der Waals surface area contributed by atoms with Gasteiger partial charge >= 0.3 is 0 Å². The number of primary amides is 1. The first-order chi connectivity index (χ1) is 9.08. The third-order valence-electron chi connectivity index (χ3n) is 2.80. The van der Waals surface area contributed by atoms with Crippen LogP contribution in [0.25, 0.3) is 0 Å². The number of benzene rings is 1. The van der Waals surface area contributed by atoms with E-state index in [0.717, 1.165) is 0 Å². The van der Waals surface area contributed by atoms with Crippen LogP contribution in [0.5, 0.6) is 0 Å². The van der Waals surface area contributed by atoms with Gasteiger partial charge in [-0.3, -0.25) is 4.79 Å². The summed E-state index contributed by atoms with van der Waals surface area (Å²) in [5.41, 5.74) is 12.7. The Morgan fingerprint density at radius 1 is 1.53 bits per heavy atom. The Labute approximate surface area is 111 Å². The van der Waals surface area contributed by atoms with Crippen LogP contribution >= 0.6 is 0 Å². The number of aromatic nitrogens is 2. The monoisotopic (exact) mass is 259 g/mol. The Hall–Kier alpha value is -2.50. The lowest BCUT2D eigenvalue weighted by atomic mass is 10.1. The van der Waals surface area contributed by atoms with Crippen molar-refractivity contribution in [3.05, 3.63) is 42.5 Å². The summed E-state index contributed by atoms with van der Waals surface area (Å²) in [4.78, 5) is 15.4. The maximum Gasteiger partial charge on any atom is 0.250 e. The van der Waals surface area contributed by atoms with Crippen molar-refractivity contribution in [2.75, 3.05) is 11.1 Å². The van der Waals surface area contributed by atoms with Gasteiger partial charge in [0.25, 0.3) is 5.91 Å². The van der Waals surface area contributed by atoms with Gasteiger partial charge in [-0.05, 0) is 19.1 Å². The van der Waals surface area contributed by atoms with E-state index in [1.807, 2.05) is 17.7 Å². The molecule has 0 bridgehead atoms. The summed E-state index contributed by atoms with van der Waals surface area (Å²) in [6.07, 6.45) is 5.33. The minimum Gasteiger partial charge on any atom is -0.397 e. The van der Waals surface area contributed by atoms with Crippen molar-refractivity contribution in [1.82, 2.24) is 9.55 Å². The fraction of sp³-hybridized carbons (Fsp3) is 0.231. The van der Waals surface area contributed by atoms with Crippen molar-refractivity contribution >= 4 is 17.3 Å². The smallest absolute Gasteiger partial charge is 0.250 e. The third-order valence-corrected chi connectivity index (χ3v) is 2.80. The molecule has 2 aromatic rings. The zero-order valence-electron chi connectivity index (χ0n) is 10.7. The predicted octanol–water partition coefficient (Wildman–Crippen LogP) is 1.06. The van der Waals surface area contributed by atoms with Crippen molar-refractivity contribution in [2.45, 2.75) is 19.5 Å². The van der Waals surface area contributed by atoms with Crippen molar-refractivity contribution in [3.63, 3.8) is 0 Å². The molecule has 0 radical (unpaired) electrons. The second-order valence-electron chi connectivity index (χ2n) is 4.44. The Morgan fingerprint density at radius 2 is 2.32 bits per heavy atom. The Morgan fingerprint density at radius 3 is 2.95 bits per heavy atom. The van der Waals surface area contributed by atoms with E-state index >= 15 is 0 Å². The zero-order chi connectivity index (χ0) is 13.8. The molecule has 5 N–H and O–H groups in total. The topological polar surface area (TPSA) is 99.0 Å². The van der Waals surface area contributed by atoms with Crippen LogP contribution < -0.4 is 16.8 Å². The van der Waals surface area contributed by atoms with Gasteiger partial charge in [0, 0.05) is 25.0 Å². The summed E-state index contributed by atoms with van der Waals surface area (Å²) < 4.78 is 1.95. The van der Waals surface area contributed by atoms with Crippen molar-refractivity contribution < 1.29 is 4.79 Å². The lowest BCUT2D eigenvalue weighted by Crippen LogP contribution is -2.24. The fourth-order valence-electron chi connectivity index (χ4n) is 1.94. The molecule has 0 aliphatic heterocycles. The summed E-state index contributed by atoms with van der Waals surface area (Å²) in [5, 5.41) is 3.22. The van der Waals surface area contributed by atoms with Crippen molar-refractivity contribution in [1.29, 1.82) is 0 Å². The van der Waals surface area contributed by atoms with Crippen LogP contribution in [0.2, 0.25) is 0 Å². The number of nitrogens with one attached hydrogen (secondary N) is 1. The number of imidazole rings is 1. The molecule has 1 amide bonds. The average Bonchev–Trinajstić information content (AvgIpc) is 2.84. The first-order valence-corrected chi connectivity index (χ1v) is 5.98. The summed E-state index contributed by atoms with van der Waals surface area (Å²) in [6.45, 7) is 2.71. The highest BCUT2D eigenvalue weighted by molar-refractivity contribution is 6.01. The maximum atomic E-state index is 11.4. The lowest BCUT2D eigenvalue weighted by molar-refractivity contribution is 0.100. The van der Waals surface area contributed by atoms with Gasteiger partial charge in [0.05, 0.1) is 23.3 Å². The highest BCUT2D eigenvalue weighted by Gasteiger charge is 2.13. The summed E-state index contributed by atoms with van der Waals surface area (Å²) in [6, 6.07) is 5.18. The van der Waals surface area contributed by atoms with Gasteiger partial charge in [0.1, 0.15) is 0 Å². The highest BCUT2D eigenvalue weighted by Crippen LogP contribution is 2.24.